The van der Waals surface area contributed by atoms with E-state index in [-0.39, 0.29) is 0 Å². The van der Waals surface area contributed by atoms with Gasteiger partial charge in [-0.1, -0.05) is 42.8 Å². The molecule has 1 heterocycles. The van der Waals surface area contributed by atoms with Crippen LogP contribution in [0.15, 0.2) is 42.5 Å². The monoisotopic (exact) mass is 268 g/mol. The van der Waals surface area contributed by atoms with Crippen molar-refractivity contribution in [3.63, 3.8) is 0 Å². The lowest BCUT2D eigenvalue weighted by molar-refractivity contribution is 0.134. The Morgan fingerprint density at radius 1 is 1.05 bits per heavy atom. The quantitative estimate of drug-likeness (QED) is 0.919. The lowest BCUT2D eigenvalue weighted by Gasteiger charge is -2.35. The van der Waals surface area contributed by atoms with Gasteiger partial charge < -0.3 is 5.73 Å². The van der Waals surface area contributed by atoms with Crippen molar-refractivity contribution in [3.8, 4) is 0 Å². The Morgan fingerprint density at radius 2 is 1.90 bits per heavy atom. The second-order valence-electron chi connectivity index (χ2n) is 5.88. The predicted molar refractivity (Wildman–Crippen MR) is 85.7 cm³/mol. The van der Waals surface area contributed by atoms with Crippen molar-refractivity contribution in [2.45, 2.75) is 38.3 Å². The van der Waals surface area contributed by atoms with Crippen LogP contribution in [0.5, 0.6) is 0 Å². The molecule has 0 saturated carbocycles. The Hall–Kier alpha value is -1.38. The first-order chi connectivity index (χ1) is 9.86. The molecule has 106 valence electrons. The first-order valence-corrected chi connectivity index (χ1v) is 7.78. The van der Waals surface area contributed by atoms with Crippen molar-refractivity contribution in [3.05, 3.63) is 48.0 Å². The number of fused-ring (bicyclic) bond motifs is 1. The number of likely N-dealkylation sites (tertiary alicyclic amines) is 1. The third kappa shape index (κ3) is 3.02. The molecule has 1 saturated heterocycles. The molecule has 0 aromatic heterocycles. The summed E-state index contributed by atoms with van der Waals surface area (Å²) in [5.41, 5.74) is 7.19. The van der Waals surface area contributed by atoms with E-state index in [0.717, 1.165) is 19.5 Å². The molecule has 1 aliphatic rings. The molecule has 0 amide bonds. The lowest BCUT2D eigenvalue weighted by atomic mass is 9.98. The number of piperidine rings is 1. The first-order valence-electron chi connectivity index (χ1n) is 7.78. The van der Waals surface area contributed by atoms with Crippen LogP contribution in [0.2, 0.25) is 0 Å². The van der Waals surface area contributed by atoms with Gasteiger partial charge in [0.15, 0.2) is 0 Å². The maximum absolute atomic E-state index is 5.76. The summed E-state index contributed by atoms with van der Waals surface area (Å²) in [7, 11) is 0. The van der Waals surface area contributed by atoms with Crippen molar-refractivity contribution >= 4 is 10.8 Å². The SMILES string of the molecule is NCCC1CCCCN1Cc1ccc2ccccc2c1. The molecule has 2 aromatic rings. The summed E-state index contributed by atoms with van der Waals surface area (Å²) >= 11 is 0. The highest BCUT2D eigenvalue weighted by Crippen LogP contribution is 2.23. The molecule has 2 N–H and O–H groups in total. The van der Waals surface area contributed by atoms with E-state index < -0.39 is 0 Å². The van der Waals surface area contributed by atoms with Crippen molar-refractivity contribution < 1.29 is 0 Å². The average molecular weight is 268 g/mol. The fourth-order valence-corrected chi connectivity index (χ4v) is 3.36. The van der Waals surface area contributed by atoms with Gasteiger partial charge in [0, 0.05) is 12.6 Å². The smallest absolute Gasteiger partial charge is 0.0236 e. The van der Waals surface area contributed by atoms with Crippen LogP contribution in [0.1, 0.15) is 31.2 Å². The zero-order chi connectivity index (χ0) is 13.8. The van der Waals surface area contributed by atoms with Gasteiger partial charge in [-0.3, -0.25) is 4.90 Å². The second-order valence-corrected chi connectivity index (χ2v) is 5.88. The van der Waals surface area contributed by atoms with Crippen LogP contribution < -0.4 is 5.73 Å². The number of hydrogen-bond acceptors (Lipinski definition) is 2. The zero-order valence-electron chi connectivity index (χ0n) is 12.1. The third-order valence-corrected chi connectivity index (χ3v) is 4.45. The fraction of sp³-hybridized carbons (Fsp3) is 0.444. The largest absolute Gasteiger partial charge is 0.330 e. The van der Waals surface area contributed by atoms with Crippen molar-refractivity contribution in [2.24, 2.45) is 5.73 Å². The van der Waals surface area contributed by atoms with Gasteiger partial charge in [0.2, 0.25) is 0 Å². The molecule has 0 spiro atoms. The molecule has 0 aliphatic carbocycles. The van der Waals surface area contributed by atoms with Crippen LogP contribution in [0.4, 0.5) is 0 Å². The molecule has 1 aliphatic heterocycles. The third-order valence-electron chi connectivity index (χ3n) is 4.45. The van der Waals surface area contributed by atoms with Gasteiger partial charge >= 0.3 is 0 Å². The highest BCUT2D eigenvalue weighted by Gasteiger charge is 2.21. The normalized spacial score (nSPS) is 20.4. The van der Waals surface area contributed by atoms with E-state index in [1.165, 1.54) is 42.1 Å². The van der Waals surface area contributed by atoms with Crippen LogP contribution in [0.3, 0.4) is 0 Å². The van der Waals surface area contributed by atoms with Gasteiger partial charge in [0.05, 0.1) is 0 Å². The molecule has 1 atom stereocenters. The van der Waals surface area contributed by atoms with Crippen LogP contribution in [-0.2, 0) is 6.54 Å². The average Bonchev–Trinajstić information content (AvgIpc) is 2.49. The molecule has 3 rings (SSSR count). The lowest BCUT2D eigenvalue weighted by Crippen LogP contribution is -2.40. The molecular weight excluding hydrogens is 244 g/mol. The van der Waals surface area contributed by atoms with Gasteiger partial charge in [-0.25, -0.2) is 0 Å². The van der Waals surface area contributed by atoms with E-state index in [1.54, 1.807) is 0 Å². The number of benzene rings is 2. The summed E-state index contributed by atoms with van der Waals surface area (Å²) in [4.78, 5) is 2.63. The van der Waals surface area contributed by atoms with Crippen molar-refractivity contribution in [1.29, 1.82) is 0 Å². The minimum Gasteiger partial charge on any atom is -0.330 e. The van der Waals surface area contributed by atoms with Crippen molar-refractivity contribution in [2.75, 3.05) is 13.1 Å². The molecule has 2 heteroatoms. The van der Waals surface area contributed by atoms with E-state index in [0.29, 0.717) is 6.04 Å². The summed E-state index contributed by atoms with van der Waals surface area (Å²) < 4.78 is 0. The van der Waals surface area contributed by atoms with Gasteiger partial charge in [-0.15, -0.1) is 0 Å². The summed E-state index contributed by atoms with van der Waals surface area (Å²) in [5, 5.41) is 2.67. The molecule has 2 aromatic carbocycles. The first kappa shape index (κ1) is 13.6. The van der Waals surface area contributed by atoms with Crippen molar-refractivity contribution in [1.82, 2.24) is 4.90 Å². The second kappa shape index (κ2) is 6.38. The zero-order valence-corrected chi connectivity index (χ0v) is 12.1. The summed E-state index contributed by atoms with van der Waals surface area (Å²) in [6.07, 6.45) is 5.13. The standard InChI is InChI=1S/C18H24N2/c19-11-10-18-7-3-4-12-20(18)14-15-8-9-16-5-1-2-6-17(16)13-15/h1-2,5-6,8-9,13,18H,3-4,7,10-12,14,19H2. The summed E-state index contributed by atoms with van der Waals surface area (Å²) in [6, 6.07) is 16.1. The maximum atomic E-state index is 5.76. The molecule has 0 radical (unpaired) electrons. The van der Waals surface area contributed by atoms with Gasteiger partial charge in [-0.2, -0.15) is 0 Å². The minimum absolute atomic E-state index is 0.681. The fourth-order valence-electron chi connectivity index (χ4n) is 3.36. The number of hydrogen-bond donors (Lipinski definition) is 1. The van der Waals surface area contributed by atoms with E-state index in [2.05, 4.69) is 47.4 Å². The van der Waals surface area contributed by atoms with Crippen LogP contribution in [0.25, 0.3) is 10.8 Å². The van der Waals surface area contributed by atoms with E-state index in [1.807, 2.05) is 0 Å². The van der Waals surface area contributed by atoms with Gasteiger partial charge in [0.1, 0.15) is 0 Å². The molecule has 2 nitrogen and oxygen atoms in total. The Bertz CT molecular complexity index is 562. The predicted octanol–water partition coefficient (Wildman–Crippen LogP) is 3.54. The Balaban J connectivity index is 1.77. The topological polar surface area (TPSA) is 29.3 Å². The number of nitrogens with zero attached hydrogens (tertiary/aromatic N) is 1. The summed E-state index contributed by atoms with van der Waals surface area (Å²) in [5.74, 6) is 0. The van der Waals surface area contributed by atoms with Crippen LogP contribution in [0, 0.1) is 0 Å². The van der Waals surface area contributed by atoms with E-state index in [4.69, 9.17) is 5.73 Å². The van der Waals surface area contributed by atoms with Gasteiger partial charge in [0.25, 0.3) is 0 Å². The molecule has 1 unspecified atom stereocenters. The molecule has 0 bridgehead atoms. The molecule has 20 heavy (non-hydrogen) atoms. The van der Waals surface area contributed by atoms with E-state index in [9.17, 15) is 0 Å². The number of rotatable bonds is 4. The van der Waals surface area contributed by atoms with Crippen LogP contribution in [-0.4, -0.2) is 24.0 Å². The minimum atomic E-state index is 0.681. The van der Waals surface area contributed by atoms with Gasteiger partial charge in [-0.05, 0) is 54.8 Å². The number of nitrogens with two attached hydrogens (primary N) is 1. The van der Waals surface area contributed by atoms with E-state index >= 15 is 0 Å². The highest BCUT2D eigenvalue weighted by atomic mass is 15.2. The van der Waals surface area contributed by atoms with Crippen LogP contribution >= 0.6 is 0 Å². The maximum Gasteiger partial charge on any atom is 0.0236 e. The Morgan fingerprint density at radius 3 is 2.75 bits per heavy atom. The summed E-state index contributed by atoms with van der Waals surface area (Å²) in [6.45, 7) is 3.09. The Kier molecular flexibility index (Phi) is 4.34. The Labute approximate surface area is 121 Å². The highest BCUT2D eigenvalue weighted by molar-refractivity contribution is 5.82. The molecular formula is C18H24N2. The molecule has 1 fully saturated rings.